The van der Waals surface area contributed by atoms with E-state index >= 15 is 0 Å². The van der Waals surface area contributed by atoms with Crippen LogP contribution in [0.5, 0.6) is 5.75 Å². The maximum atomic E-state index is 10.8. The molecule has 2 nitrogen and oxygen atoms in total. The molecule has 0 fully saturated rings. The molecule has 0 spiro atoms. The van der Waals surface area contributed by atoms with Gasteiger partial charge in [0.15, 0.2) is 0 Å². The molecule has 0 amide bonds. The molecule has 1 aromatic carbocycles. The van der Waals surface area contributed by atoms with Gasteiger partial charge in [-0.25, -0.2) is 0 Å². The molecule has 0 aromatic heterocycles. The van der Waals surface area contributed by atoms with Gasteiger partial charge in [-0.15, -0.1) is 0 Å². The predicted octanol–water partition coefficient (Wildman–Crippen LogP) is 3.36. The van der Waals surface area contributed by atoms with E-state index in [-0.39, 0.29) is 5.78 Å². The number of rotatable bonds is 5. The Balaban J connectivity index is 2.57. The van der Waals surface area contributed by atoms with Crippen LogP contribution in [-0.4, -0.2) is 12.4 Å². The Morgan fingerprint density at radius 2 is 1.75 bits per heavy atom. The van der Waals surface area contributed by atoms with Crippen molar-refractivity contribution < 1.29 is 9.53 Å². The zero-order valence-corrected chi connectivity index (χ0v) is 10.6. The molecule has 0 atom stereocenters. The summed E-state index contributed by atoms with van der Waals surface area (Å²) in [5.74, 6) is 1.19. The maximum Gasteiger partial charge on any atom is 0.129 e. The average molecular weight is 220 g/mol. The molecule has 0 unspecified atom stereocenters. The van der Waals surface area contributed by atoms with E-state index in [9.17, 15) is 4.79 Å². The van der Waals surface area contributed by atoms with Gasteiger partial charge in [0.05, 0.1) is 6.61 Å². The Hall–Kier alpha value is -1.31. The van der Waals surface area contributed by atoms with Crippen molar-refractivity contribution in [2.24, 2.45) is 0 Å². The van der Waals surface area contributed by atoms with E-state index in [1.807, 2.05) is 0 Å². The lowest BCUT2D eigenvalue weighted by molar-refractivity contribution is -0.117. The molecule has 0 aliphatic carbocycles. The fourth-order valence-electron chi connectivity index (χ4n) is 1.89. The first kappa shape index (κ1) is 12.8. The van der Waals surface area contributed by atoms with E-state index in [2.05, 4.69) is 32.9 Å². The first-order valence-corrected chi connectivity index (χ1v) is 5.71. The third-order valence-corrected chi connectivity index (χ3v) is 2.52. The molecule has 16 heavy (non-hydrogen) atoms. The van der Waals surface area contributed by atoms with Gasteiger partial charge in [0.25, 0.3) is 0 Å². The van der Waals surface area contributed by atoms with Crippen LogP contribution in [0.25, 0.3) is 0 Å². The molecule has 0 saturated carbocycles. The fourth-order valence-corrected chi connectivity index (χ4v) is 1.89. The van der Waals surface area contributed by atoms with Crippen LogP contribution in [0.15, 0.2) is 12.1 Å². The molecule has 88 valence electrons. The molecule has 1 aromatic rings. The summed E-state index contributed by atoms with van der Waals surface area (Å²) in [5.41, 5.74) is 3.59. The first-order chi connectivity index (χ1) is 7.50. The Bertz CT molecular complexity index is 357. The lowest BCUT2D eigenvalue weighted by Crippen LogP contribution is -2.03. The van der Waals surface area contributed by atoms with Crippen molar-refractivity contribution in [2.45, 2.75) is 40.5 Å². The minimum atomic E-state index is 0.223. The number of carbonyl (C=O) groups excluding carboxylic acids is 1. The molecule has 0 radical (unpaired) electrons. The van der Waals surface area contributed by atoms with E-state index in [0.29, 0.717) is 13.0 Å². The summed E-state index contributed by atoms with van der Waals surface area (Å²) in [6.07, 6.45) is 1.39. The highest BCUT2D eigenvalue weighted by Gasteiger charge is 2.04. The van der Waals surface area contributed by atoms with Crippen LogP contribution < -0.4 is 4.74 Å². The number of hydrogen-bond donors (Lipinski definition) is 0. The predicted molar refractivity (Wildman–Crippen MR) is 66.1 cm³/mol. The van der Waals surface area contributed by atoms with Crippen LogP contribution in [0.1, 0.15) is 36.5 Å². The Labute approximate surface area is 97.6 Å². The van der Waals surface area contributed by atoms with Gasteiger partial charge in [-0.2, -0.15) is 0 Å². The first-order valence-electron chi connectivity index (χ1n) is 5.71. The van der Waals surface area contributed by atoms with Gasteiger partial charge in [0.2, 0.25) is 0 Å². The minimum absolute atomic E-state index is 0.223. The molecule has 0 aliphatic rings. The van der Waals surface area contributed by atoms with Crippen molar-refractivity contribution in [1.29, 1.82) is 0 Å². The number of ether oxygens (including phenoxy) is 1. The van der Waals surface area contributed by atoms with Crippen LogP contribution in [0.4, 0.5) is 0 Å². The summed E-state index contributed by atoms with van der Waals surface area (Å²) >= 11 is 0. The topological polar surface area (TPSA) is 26.3 Å². The summed E-state index contributed by atoms with van der Waals surface area (Å²) in [6.45, 7) is 8.42. The molecular weight excluding hydrogens is 200 g/mol. The highest BCUT2D eigenvalue weighted by Crippen LogP contribution is 2.24. The second kappa shape index (κ2) is 5.69. The van der Waals surface area contributed by atoms with E-state index in [0.717, 1.165) is 12.2 Å². The zero-order valence-electron chi connectivity index (χ0n) is 10.6. The monoisotopic (exact) mass is 220 g/mol. The molecule has 0 saturated heterocycles. The lowest BCUT2D eigenvalue weighted by atomic mass is 10.1. The van der Waals surface area contributed by atoms with Crippen LogP contribution in [0.2, 0.25) is 0 Å². The lowest BCUT2D eigenvalue weighted by Gasteiger charge is -2.12. The Morgan fingerprint density at radius 1 is 1.19 bits per heavy atom. The number of ketones is 1. The van der Waals surface area contributed by atoms with Crippen molar-refractivity contribution in [3.05, 3.63) is 28.8 Å². The highest BCUT2D eigenvalue weighted by molar-refractivity contribution is 5.75. The van der Waals surface area contributed by atoms with E-state index in [1.165, 1.54) is 16.7 Å². The number of carbonyl (C=O) groups is 1. The largest absolute Gasteiger partial charge is 0.493 e. The van der Waals surface area contributed by atoms with Gasteiger partial charge in [-0.05, 0) is 45.2 Å². The van der Waals surface area contributed by atoms with Crippen molar-refractivity contribution >= 4 is 5.78 Å². The van der Waals surface area contributed by atoms with Gasteiger partial charge in [0, 0.05) is 6.42 Å². The summed E-state index contributed by atoms with van der Waals surface area (Å²) in [4.78, 5) is 10.8. The van der Waals surface area contributed by atoms with Gasteiger partial charge < -0.3 is 9.53 Å². The fraction of sp³-hybridized carbons (Fsp3) is 0.500. The van der Waals surface area contributed by atoms with Gasteiger partial charge in [-0.3, -0.25) is 0 Å². The second-order valence-corrected chi connectivity index (χ2v) is 4.38. The quantitative estimate of drug-likeness (QED) is 0.711. The number of benzene rings is 1. The molecule has 1 rings (SSSR count). The summed E-state index contributed by atoms with van der Waals surface area (Å²) in [7, 11) is 0. The summed E-state index contributed by atoms with van der Waals surface area (Å²) in [5, 5.41) is 0. The third-order valence-electron chi connectivity index (χ3n) is 2.52. The van der Waals surface area contributed by atoms with E-state index in [4.69, 9.17) is 4.74 Å². The van der Waals surface area contributed by atoms with Gasteiger partial charge in [0.1, 0.15) is 11.5 Å². The minimum Gasteiger partial charge on any atom is -0.493 e. The third kappa shape index (κ3) is 3.69. The smallest absolute Gasteiger partial charge is 0.129 e. The van der Waals surface area contributed by atoms with E-state index < -0.39 is 0 Å². The molecule has 0 heterocycles. The molecular formula is C14H20O2. The van der Waals surface area contributed by atoms with Crippen LogP contribution in [-0.2, 0) is 4.79 Å². The molecule has 0 N–H and O–H groups in total. The number of hydrogen-bond acceptors (Lipinski definition) is 2. The van der Waals surface area contributed by atoms with Crippen LogP contribution in [0, 0.1) is 20.8 Å². The zero-order chi connectivity index (χ0) is 12.1. The SMILES string of the molecule is CC(=O)CCCOc1c(C)cc(C)cc1C. The average Bonchev–Trinajstić information content (AvgIpc) is 2.14. The van der Waals surface area contributed by atoms with Crippen molar-refractivity contribution in [1.82, 2.24) is 0 Å². The standard InChI is InChI=1S/C14H20O2/c1-10-8-11(2)14(12(3)9-10)16-7-5-6-13(4)15/h8-9H,5-7H2,1-4H3. The normalized spacial score (nSPS) is 10.2. The second-order valence-electron chi connectivity index (χ2n) is 4.38. The van der Waals surface area contributed by atoms with Crippen molar-refractivity contribution in [2.75, 3.05) is 6.61 Å². The maximum absolute atomic E-state index is 10.8. The molecule has 0 bridgehead atoms. The Kier molecular flexibility index (Phi) is 4.53. The molecule has 2 heteroatoms. The number of aryl methyl sites for hydroxylation is 3. The Morgan fingerprint density at radius 3 is 2.25 bits per heavy atom. The van der Waals surface area contributed by atoms with Crippen molar-refractivity contribution in [3.63, 3.8) is 0 Å². The van der Waals surface area contributed by atoms with E-state index in [1.54, 1.807) is 6.92 Å². The molecule has 0 aliphatic heterocycles. The number of Topliss-reactive ketones (excluding diaryl/α,β-unsaturated/α-hetero) is 1. The van der Waals surface area contributed by atoms with Crippen LogP contribution in [0.3, 0.4) is 0 Å². The van der Waals surface area contributed by atoms with Crippen LogP contribution >= 0.6 is 0 Å². The highest BCUT2D eigenvalue weighted by atomic mass is 16.5. The van der Waals surface area contributed by atoms with Crippen molar-refractivity contribution in [3.8, 4) is 5.75 Å². The van der Waals surface area contributed by atoms with Gasteiger partial charge in [-0.1, -0.05) is 17.7 Å². The van der Waals surface area contributed by atoms with Gasteiger partial charge >= 0.3 is 0 Å². The summed E-state index contributed by atoms with van der Waals surface area (Å²) < 4.78 is 5.72. The summed E-state index contributed by atoms with van der Waals surface area (Å²) in [6, 6.07) is 4.24.